The first-order chi connectivity index (χ1) is 18.2. The van der Waals surface area contributed by atoms with Crippen molar-refractivity contribution in [3.63, 3.8) is 0 Å². The molecular formula is C30H30ClNO6. The number of ether oxygens (including phenoxy) is 1. The Labute approximate surface area is 226 Å². The second-order valence-electron chi connectivity index (χ2n) is 11.1. The average molecular weight is 536 g/mol. The monoisotopic (exact) mass is 535 g/mol. The van der Waals surface area contributed by atoms with Gasteiger partial charge in [-0.05, 0) is 62.3 Å². The van der Waals surface area contributed by atoms with Crippen LogP contribution in [0.15, 0.2) is 46.6 Å². The second kappa shape index (κ2) is 9.23. The van der Waals surface area contributed by atoms with E-state index < -0.39 is 17.8 Å². The second-order valence-corrected chi connectivity index (χ2v) is 11.5. The molecule has 1 saturated heterocycles. The average Bonchev–Trinajstić information content (AvgIpc) is 3.17. The highest BCUT2D eigenvalue weighted by Gasteiger charge is 2.57. The molecule has 5 aliphatic rings. The molecule has 1 aromatic rings. The number of benzene rings is 1. The lowest BCUT2D eigenvalue weighted by Crippen LogP contribution is -2.43. The number of amides is 2. The first kappa shape index (κ1) is 25.1. The third-order valence-corrected chi connectivity index (χ3v) is 9.43. The Kier molecular flexibility index (Phi) is 6.10. The van der Waals surface area contributed by atoms with Crippen molar-refractivity contribution in [3.05, 3.63) is 57.2 Å². The molecule has 0 aromatic heterocycles. The van der Waals surface area contributed by atoms with Crippen LogP contribution < -0.4 is 4.74 Å². The molecule has 1 N–H and O–H groups in total. The van der Waals surface area contributed by atoms with Gasteiger partial charge in [-0.15, -0.1) is 0 Å². The molecule has 4 aliphatic carbocycles. The summed E-state index contributed by atoms with van der Waals surface area (Å²) in [6, 6.07) is 3.16. The fraction of sp³-hybridized carbons (Fsp3) is 0.467. The number of phenolic OH excluding ortho intramolecular Hbond substituents is 1. The first-order valence-electron chi connectivity index (χ1n) is 13.4. The minimum atomic E-state index is -0.636. The summed E-state index contributed by atoms with van der Waals surface area (Å²) in [5.74, 6) is -2.79. The van der Waals surface area contributed by atoms with E-state index in [1.54, 1.807) is 19.1 Å². The standard InChI is InChI=1S/C30H30ClNO6/c1-14-10-22(33)20-13-19-17(24(26(20)27(14)34)15-11-21(31)28(35)23(12-15)38-2)8-9-18-25(19)30(37)32(29(18)36)16-6-4-3-5-7-16/h8,10-12,16,18-19,24-25,35H,3-7,9,13H2,1-2H3/t18-,19+,24-,25-/m0/s1. The van der Waals surface area contributed by atoms with Crippen LogP contribution in [0.2, 0.25) is 5.02 Å². The highest BCUT2D eigenvalue weighted by atomic mass is 35.5. The van der Waals surface area contributed by atoms with Crippen molar-refractivity contribution in [1.82, 2.24) is 4.90 Å². The Morgan fingerprint density at radius 1 is 1.03 bits per heavy atom. The number of allylic oxidation sites excluding steroid dienone is 6. The molecular weight excluding hydrogens is 506 g/mol. The highest BCUT2D eigenvalue weighted by molar-refractivity contribution is 6.32. The Morgan fingerprint density at radius 3 is 2.47 bits per heavy atom. The van der Waals surface area contributed by atoms with Gasteiger partial charge in [-0.3, -0.25) is 24.1 Å². The van der Waals surface area contributed by atoms with E-state index in [4.69, 9.17) is 16.3 Å². The van der Waals surface area contributed by atoms with E-state index in [0.29, 0.717) is 28.7 Å². The molecule has 1 heterocycles. The van der Waals surface area contributed by atoms with E-state index in [9.17, 15) is 24.3 Å². The Hall–Kier alpha value is -3.19. The third kappa shape index (κ3) is 3.62. The number of fused-ring (bicyclic) bond motifs is 3. The number of hydrogen-bond acceptors (Lipinski definition) is 6. The predicted molar refractivity (Wildman–Crippen MR) is 140 cm³/mol. The number of hydrogen-bond donors (Lipinski definition) is 1. The van der Waals surface area contributed by atoms with Gasteiger partial charge in [-0.2, -0.15) is 0 Å². The number of aromatic hydroxyl groups is 1. The molecule has 0 unspecified atom stereocenters. The molecule has 7 nitrogen and oxygen atoms in total. The van der Waals surface area contributed by atoms with Crippen molar-refractivity contribution in [2.45, 2.75) is 63.8 Å². The summed E-state index contributed by atoms with van der Waals surface area (Å²) in [6.07, 6.45) is 8.82. The van der Waals surface area contributed by atoms with Gasteiger partial charge in [0.15, 0.2) is 23.1 Å². The molecule has 1 aliphatic heterocycles. The van der Waals surface area contributed by atoms with Gasteiger partial charge < -0.3 is 9.84 Å². The third-order valence-electron chi connectivity index (χ3n) is 9.14. The number of nitrogens with zero attached hydrogens (tertiary/aromatic N) is 1. The van der Waals surface area contributed by atoms with E-state index in [1.807, 2.05) is 6.08 Å². The lowest BCUT2D eigenvalue weighted by atomic mass is 9.59. The summed E-state index contributed by atoms with van der Waals surface area (Å²) in [7, 11) is 1.42. The van der Waals surface area contributed by atoms with Crippen LogP contribution in [-0.4, -0.2) is 46.5 Å². The number of rotatable bonds is 3. The largest absolute Gasteiger partial charge is 0.503 e. The molecule has 8 heteroatoms. The molecule has 1 saturated carbocycles. The maximum Gasteiger partial charge on any atom is 0.233 e. The van der Waals surface area contributed by atoms with Gasteiger partial charge in [0.2, 0.25) is 11.8 Å². The minimum absolute atomic E-state index is 0.0596. The summed E-state index contributed by atoms with van der Waals surface area (Å²) < 4.78 is 5.34. The molecule has 198 valence electrons. The van der Waals surface area contributed by atoms with Gasteiger partial charge in [0, 0.05) is 28.7 Å². The molecule has 2 amide bonds. The summed E-state index contributed by atoms with van der Waals surface area (Å²) in [5, 5.41) is 10.4. The fourth-order valence-corrected chi connectivity index (χ4v) is 7.60. The lowest BCUT2D eigenvalue weighted by Gasteiger charge is -2.42. The van der Waals surface area contributed by atoms with Gasteiger partial charge in [0.1, 0.15) is 0 Å². The predicted octanol–water partition coefficient (Wildman–Crippen LogP) is 4.82. The number of methoxy groups -OCH3 is 1. The SMILES string of the molecule is COc1cc([C@H]2C3=CC[C@@H]4C(=O)N(C5CCCCC5)C(=O)[C@@H]4[C@@H]3CC3=C2C(=O)C(C)=CC3=O)cc(Cl)c1O. The van der Waals surface area contributed by atoms with Gasteiger partial charge >= 0.3 is 0 Å². The Bertz CT molecular complexity index is 1380. The summed E-state index contributed by atoms with van der Waals surface area (Å²) in [5.41, 5.74) is 2.60. The van der Waals surface area contributed by atoms with Crippen molar-refractivity contribution in [3.8, 4) is 11.5 Å². The summed E-state index contributed by atoms with van der Waals surface area (Å²) >= 11 is 6.36. The van der Waals surface area contributed by atoms with Gasteiger partial charge in [-0.1, -0.05) is 42.5 Å². The number of Topliss-reactive ketones (excluding diaryl/α,β-unsaturated/α-hetero) is 1. The van der Waals surface area contributed by atoms with Crippen molar-refractivity contribution >= 4 is 35.0 Å². The van der Waals surface area contributed by atoms with Crippen LogP contribution in [0.1, 0.15) is 63.4 Å². The van der Waals surface area contributed by atoms with Crippen LogP contribution in [0.5, 0.6) is 11.5 Å². The van der Waals surface area contributed by atoms with Crippen molar-refractivity contribution in [2.75, 3.05) is 7.11 Å². The van der Waals surface area contributed by atoms with Gasteiger partial charge in [-0.25, -0.2) is 0 Å². The van der Waals surface area contributed by atoms with Crippen molar-refractivity contribution in [2.24, 2.45) is 17.8 Å². The smallest absolute Gasteiger partial charge is 0.233 e. The zero-order valence-corrected chi connectivity index (χ0v) is 22.2. The van der Waals surface area contributed by atoms with Crippen LogP contribution in [-0.2, 0) is 19.2 Å². The number of ketones is 2. The van der Waals surface area contributed by atoms with Gasteiger partial charge in [0.25, 0.3) is 0 Å². The number of carbonyl (C=O) groups is 4. The van der Waals surface area contributed by atoms with Crippen LogP contribution >= 0.6 is 11.6 Å². The van der Waals surface area contributed by atoms with Crippen molar-refractivity contribution < 1.29 is 29.0 Å². The molecule has 4 atom stereocenters. The normalized spacial score (nSPS) is 29.6. The highest BCUT2D eigenvalue weighted by Crippen LogP contribution is 2.56. The molecule has 1 aromatic carbocycles. The van der Waals surface area contributed by atoms with Crippen LogP contribution in [0.25, 0.3) is 0 Å². The Morgan fingerprint density at radius 2 is 1.76 bits per heavy atom. The van der Waals surface area contributed by atoms with Crippen LogP contribution in [0, 0.1) is 17.8 Å². The zero-order chi connectivity index (χ0) is 26.9. The van der Waals surface area contributed by atoms with Crippen molar-refractivity contribution in [1.29, 1.82) is 0 Å². The molecule has 0 spiro atoms. The molecule has 0 radical (unpaired) electrons. The molecule has 38 heavy (non-hydrogen) atoms. The molecule has 0 bridgehead atoms. The zero-order valence-electron chi connectivity index (χ0n) is 21.5. The Balaban J connectivity index is 1.49. The molecule has 6 rings (SSSR count). The van der Waals surface area contributed by atoms with E-state index in [2.05, 4.69) is 0 Å². The fourth-order valence-electron chi connectivity index (χ4n) is 7.38. The lowest BCUT2D eigenvalue weighted by molar-refractivity contribution is -0.143. The molecule has 2 fully saturated rings. The number of halogens is 1. The topological polar surface area (TPSA) is 101 Å². The van der Waals surface area contributed by atoms with E-state index in [1.165, 1.54) is 18.1 Å². The summed E-state index contributed by atoms with van der Waals surface area (Å²) in [4.78, 5) is 55.8. The maximum atomic E-state index is 13.9. The first-order valence-corrected chi connectivity index (χ1v) is 13.7. The number of likely N-dealkylation sites (tertiary alicyclic amines) is 1. The number of imide groups is 1. The maximum absolute atomic E-state index is 13.9. The van der Waals surface area contributed by atoms with E-state index in [-0.39, 0.29) is 58.3 Å². The number of phenols is 1. The quantitative estimate of drug-likeness (QED) is 0.338. The van der Waals surface area contributed by atoms with E-state index >= 15 is 0 Å². The number of carbonyl (C=O) groups excluding carboxylic acids is 4. The van der Waals surface area contributed by atoms with Gasteiger partial charge in [0.05, 0.1) is 24.0 Å². The van der Waals surface area contributed by atoms with E-state index in [0.717, 1.165) is 37.7 Å². The van der Waals surface area contributed by atoms with Crippen LogP contribution in [0.4, 0.5) is 0 Å². The summed E-state index contributed by atoms with van der Waals surface area (Å²) in [6.45, 7) is 1.63. The van der Waals surface area contributed by atoms with Crippen LogP contribution in [0.3, 0.4) is 0 Å². The minimum Gasteiger partial charge on any atom is -0.503 e.